The van der Waals surface area contributed by atoms with E-state index >= 15 is 0 Å². The van der Waals surface area contributed by atoms with Crippen LogP contribution in [0.1, 0.15) is 23.6 Å². The lowest BCUT2D eigenvalue weighted by molar-refractivity contribution is -0.118. The van der Waals surface area contributed by atoms with Crippen molar-refractivity contribution >= 4 is 11.5 Å². The van der Waals surface area contributed by atoms with Crippen LogP contribution in [-0.4, -0.2) is 5.91 Å². The predicted octanol–water partition coefficient (Wildman–Crippen LogP) is 3.22. The molecule has 0 bridgehead atoms. The molecule has 3 nitrogen and oxygen atoms in total. The second kappa shape index (κ2) is 5.64. The summed E-state index contributed by atoms with van der Waals surface area (Å²) in [7, 11) is 0. The van der Waals surface area contributed by atoms with Crippen molar-refractivity contribution in [3.63, 3.8) is 0 Å². The Kier molecular flexibility index (Phi) is 3.53. The highest BCUT2D eigenvalue weighted by atomic mass is 16.1. The second-order valence-corrected chi connectivity index (χ2v) is 4.97. The van der Waals surface area contributed by atoms with Crippen molar-refractivity contribution < 1.29 is 4.79 Å². The largest absolute Gasteiger partial charge is 0.344 e. The molecule has 2 aromatic rings. The van der Waals surface area contributed by atoms with Crippen LogP contribution in [0.3, 0.4) is 0 Å². The zero-order valence-corrected chi connectivity index (χ0v) is 11.4. The monoisotopic (exact) mass is 274 g/mol. The molecule has 21 heavy (non-hydrogen) atoms. The Balaban J connectivity index is 2.03. The van der Waals surface area contributed by atoms with Crippen molar-refractivity contribution in [1.82, 2.24) is 5.32 Å². The summed E-state index contributed by atoms with van der Waals surface area (Å²) in [5.41, 5.74) is 3.02. The van der Waals surface area contributed by atoms with Gasteiger partial charge in [-0.2, -0.15) is 5.26 Å². The number of hydrogen-bond donors (Lipinski definition) is 1. The highest BCUT2D eigenvalue weighted by Crippen LogP contribution is 2.33. The molecule has 0 aromatic heterocycles. The van der Waals surface area contributed by atoms with Gasteiger partial charge in [0.25, 0.3) is 5.91 Å². The number of nitrogens with zero attached hydrogens (tertiary/aromatic N) is 1. The molecule has 1 unspecified atom stereocenters. The van der Waals surface area contributed by atoms with E-state index in [1.807, 2.05) is 66.7 Å². The second-order valence-electron chi connectivity index (χ2n) is 4.97. The van der Waals surface area contributed by atoms with E-state index in [4.69, 9.17) is 0 Å². The molecule has 0 saturated heterocycles. The van der Waals surface area contributed by atoms with Gasteiger partial charge in [0.05, 0.1) is 6.04 Å². The predicted molar refractivity (Wildman–Crippen MR) is 80.9 cm³/mol. The molecule has 0 saturated carbocycles. The molecule has 0 spiro atoms. The lowest BCUT2D eigenvalue weighted by Crippen LogP contribution is -2.34. The van der Waals surface area contributed by atoms with Gasteiger partial charge in [-0.15, -0.1) is 0 Å². The maximum Gasteiger partial charge on any atom is 0.262 e. The van der Waals surface area contributed by atoms with Crippen LogP contribution in [0.2, 0.25) is 0 Å². The number of carbonyl (C=O) groups is 1. The van der Waals surface area contributed by atoms with Gasteiger partial charge in [0.2, 0.25) is 0 Å². The maximum atomic E-state index is 12.2. The van der Waals surface area contributed by atoms with Crippen molar-refractivity contribution in [2.24, 2.45) is 0 Å². The highest BCUT2D eigenvalue weighted by molar-refractivity contribution is 6.06. The topological polar surface area (TPSA) is 52.9 Å². The van der Waals surface area contributed by atoms with E-state index in [0.717, 1.165) is 16.7 Å². The van der Waals surface area contributed by atoms with Crippen LogP contribution in [0.4, 0.5) is 0 Å². The molecule has 1 amide bonds. The summed E-state index contributed by atoms with van der Waals surface area (Å²) in [5.74, 6) is -0.295. The van der Waals surface area contributed by atoms with Gasteiger partial charge in [-0.1, -0.05) is 60.7 Å². The standard InChI is InChI=1S/C18H14N2O/c19-12-16-15(13-7-3-1-4-8-13)11-17(20-18(16)21)14-9-5-2-6-10-14/h1-10,17H,11H2,(H,20,21). The van der Waals surface area contributed by atoms with Crippen LogP contribution in [0.25, 0.3) is 5.57 Å². The first kappa shape index (κ1) is 13.1. The molecule has 1 N–H and O–H groups in total. The van der Waals surface area contributed by atoms with Gasteiger partial charge in [0, 0.05) is 0 Å². The van der Waals surface area contributed by atoms with E-state index in [9.17, 15) is 10.1 Å². The Morgan fingerprint density at radius 2 is 1.62 bits per heavy atom. The Labute approximate surface area is 123 Å². The summed E-state index contributed by atoms with van der Waals surface area (Å²) in [6.07, 6.45) is 0.628. The van der Waals surface area contributed by atoms with Crippen LogP contribution in [0, 0.1) is 11.3 Å². The number of rotatable bonds is 2. The van der Waals surface area contributed by atoms with Gasteiger partial charge < -0.3 is 5.32 Å². The molecule has 0 radical (unpaired) electrons. The van der Waals surface area contributed by atoms with Crippen molar-refractivity contribution in [1.29, 1.82) is 5.26 Å². The summed E-state index contributed by atoms with van der Waals surface area (Å²) in [4.78, 5) is 12.2. The third-order valence-electron chi connectivity index (χ3n) is 3.68. The van der Waals surface area contributed by atoms with E-state index < -0.39 is 0 Å². The minimum Gasteiger partial charge on any atom is -0.344 e. The van der Waals surface area contributed by atoms with Gasteiger partial charge in [0.15, 0.2) is 0 Å². The van der Waals surface area contributed by atoms with Crippen LogP contribution >= 0.6 is 0 Å². The minimum atomic E-state index is -0.295. The molecule has 3 rings (SSSR count). The van der Waals surface area contributed by atoms with Gasteiger partial charge in [-0.3, -0.25) is 4.79 Å². The van der Waals surface area contributed by atoms with E-state index in [1.165, 1.54) is 0 Å². The van der Waals surface area contributed by atoms with Crippen molar-refractivity contribution in [3.8, 4) is 6.07 Å². The molecule has 1 atom stereocenters. The Bertz CT molecular complexity index is 727. The zero-order valence-electron chi connectivity index (χ0n) is 11.4. The Hall–Kier alpha value is -2.86. The van der Waals surface area contributed by atoms with Crippen LogP contribution in [-0.2, 0) is 4.79 Å². The third kappa shape index (κ3) is 2.56. The number of hydrogen-bond acceptors (Lipinski definition) is 2. The normalized spacial score (nSPS) is 18.0. The number of nitriles is 1. The molecule has 0 fully saturated rings. The third-order valence-corrected chi connectivity index (χ3v) is 3.68. The molecule has 1 heterocycles. The SMILES string of the molecule is N#CC1=C(c2ccccc2)CC(c2ccccc2)NC1=O. The summed E-state index contributed by atoms with van der Waals surface area (Å²) < 4.78 is 0. The van der Waals surface area contributed by atoms with Gasteiger partial charge in [-0.25, -0.2) is 0 Å². The quantitative estimate of drug-likeness (QED) is 0.914. The zero-order chi connectivity index (χ0) is 14.7. The number of carbonyl (C=O) groups excluding carboxylic acids is 1. The first-order valence-corrected chi connectivity index (χ1v) is 6.84. The van der Waals surface area contributed by atoms with E-state index in [2.05, 4.69) is 5.32 Å². The average molecular weight is 274 g/mol. The van der Waals surface area contributed by atoms with Crippen LogP contribution < -0.4 is 5.32 Å². The van der Waals surface area contributed by atoms with Crippen molar-refractivity contribution in [3.05, 3.63) is 77.4 Å². The molecule has 1 aliphatic heterocycles. The first-order chi connectivity index (χ1) is 10.3. The van der Waals surface area contributed by atoms with Gasteiger partial charge in [-0.05, 0) is 23.1 Å². The number of nitrogens with one attached hydrogen (secondary N) is 1. The summed E-state index contributed by atoms with van der Waals surface area (Å²) in [5, 5.41) is 12.2. The fourth-order valence-electron chi connectivity index (χ4n) is 2.63. The molecule has 1 aliphatic rings. The highest BCUT2D eigenvalue weighted by Gasteiger charge is 2.28. The molecule has 3 heteroatoms. The van der Waals surface area contributed by atoms with Crippen molar-refractivity contribution in [2.45, 2.75) is 12.5 Å². The van der Waals surface area contributed by atoms with Gasteiger partial charge >= 0.3 is 0 Å². The Morgan fingerprint density at radius 1 is 1.00 bits per heavy atom. The number of amides is 1. The van der Waals surface area contributed by atoms with Crippen LogP contribution in [0.5, 0.6) is 0 Å². The fraction of sp³-hybridized carbons (Fsp3) is 0.111. The van der Waals surface area contributed by atoms with Crippen LogP contribution in [0.15, 0.2) is 66.2 Å². The minimum absolute atomic E-state index is 0.0917. The molecule has 2 aromatic carbocycles. The first-order valence-electron chi connectivity index (χ1n) is 6.84. The summed E-state index contributed by atoms with van der Waals surface area (Å²) in [6, 6.07) is 21.4. The average Bonchev–Trinajstić information content (AvgIpc) is 2.55. The van der Waals surface area contributed by atoms with Gasteiger partial charge in [0.1, 0.15) is 11.6 Å². The lowest BCUT2D eigenvalue weighted by Gasteiger charge is -2.26. The van der Waals surface area contributed by atoms with E-state index in [1.54, 1.807) is 0 Å². The molecule has 102 valence electrons. The Morgan fingerprint density at radius 3 is 2.24 bits per heavy atom. The summed E-state index contributed by atoms with van der Waals surface area (Å²) >= 11 is 0. The number of benzene rings is 2. The van der Waals surface area contributed by atoms with E-state index in [0.29, 0.717) is 6.42 Å². The molecular formula is C18H14N2O. The van der Waals surface area contributed by atoms with E-state index in [-0.39, 0.29) is 17.5 Å². The lowest BCUT2D eigenvalue weighted by atomic mass is 9.87. The molecule has 0 aliphatic carbocycles. The molecular weight excluding hydrogens is 260 g/mol. The smallest absolute Gasteiger partial charge is 0.262 e. The maximum absolute atomic E-state index is 12.2. The van der Waals surface area contributed by atoms with Crippen molar-refractivity contribution in [2.75, 3.05) is 0 Å². The summed E-state index contributed by atoms with van der Waals surface area (Å²) in [6.45, 7) is 0. The fourth-order valence-corrected chi connectivity index (χ4v) is 2.63.